The molecule has 0 bridgehead atoms. The number of carbonyl (C=O) groups excluding carboxylic acids is 1. The van der Waals surface area contributed by atoms with Gasteiger partial charge in [0.1, 0.15) is 5.03 Å². The van der Waals surface area contributed by atoms with E-state index < -0.39 is 18.2 Å². The molecule has 1 aliphatic heterocycles. The predicted octanol–water partition coefficient (Wildman–Crippen LogP) is 5.65. The minimum Gasteiger partial charge on any atom is -0.481 e. The number of aromatic nitrogens is 1. The number of aliphatic hydroxyl groups excluding tert-OH is 1. The molecule has 4 rings (SSSR count). The fraction of sp³-hybridized carbons (Fsp3) is 0.394. The van der Waals surface area contributed by atoms with Gasteiger partial charge in [0.25, 0.3) is 0 Å². The van der Waals surface area contributed by atoms with Crippen molar-refractivity contribution in [1.82, 2.24) is 10.3 Å². The van der Waals surface area contributed by atoms with E-state index in [0.29, 0.717) is 36.6 Å². The third kappa shape index (κ3) is 10.2. The summed E-state index contributed by atoms with van der Waals surface area (Å²) in [5.74, 6) is -1.39. The molecule has 0 saturated carbocycles. The van der Waals surface area contributed by atoms with Gasteiger partial charge in [-0.25, -0.2) is 9.78 Å². The van der Waals surface area contributed by atoms with Crippen LogP contribution in [0, 0.1) is 0 Å². The van der Waals surface area contributed by atoms with Crippen LogP contribution in [0.2, 0.25) is 0 Å². The number of carbonyl (C=O) groups is 3. The molecule has 3 aromatic rings. The van der Waals surface area contributed by atoms with E-state index in [1.807, 2.05) is 48.5 Å². The lowest BCUT2D eigenvalue weighted by molar-refractivity contribution is -0.245. The molecule has 0 spiro atoms. The summed E-state index contributed by atoms with van der Waals surface area (Å²) in [5, 5.41) is 31.0. The number of aliphatic carboxylic acids is 1. The van der Waals surface area contributed by atoms with Gasteiger partial charge in [-0.2, -0.15) is 0 Å². The second-order valence-electron chi connectivity index (χ2n) is 10.6. The van der Waals surface area contributed by atoms with E-state index in [1.165, 1.54) is 17.8 Å². The highest BCUT2D eigenvalue weighted by Crippen LogP contribution is 2.39. The van der Waals surface area contributed by atoms with Gasteiger partial charge in [-0.05, 0) is 41.7 Å². The second kappa shape index (κ2) is 16.9. The highest BCUT2D eigenvalue weighted by Gasteiger charge is 2.32. The van der Waals surface area contributed by atoms with Crippen LogP contribution in [0.5, 0.6) is 0 Å². The number of aliphatic hydroxyl groups is 1. The van der Waals surface area contributed by atoms with Crippen molar-refractivity contribution in [3.8, 4) is 0 Å². The van der Waals surface area contributed by atoms with Gasteiger partial charge >= 0.3 is 11.9 Å². The number of carboxylic acid groups (broad SMARTS) is 2. The molecule has 1 fully saturated rings. The lowest BCUT2D eigenvalue weighted by Gasteiger charge is -2.36. The van der Waals surface area contributed by atoms with Crippen molar-refractivity contribution in [2.75, 3.05) is 5.75 Å². The summed E-state index contributed by atoms with van der Waals surface area (Å²) < 4.78 is 12.7. The molecular weight excluding hydrogens is 584 g/mol. The average molecular weight is 623 g/mol. The maximum absolute atomic E-state index is 12.2. The zero-order valence-corrected chi connectivity index (χ0v) is 25.2. The van der Waals surface area contributed by atoms with Crippen LogP contribution in [-0.4, -0.2) is 50.0 Å². The Bertz CT molecular complexity index is 1380. The fourth-order valence-corrected chi connectivity index (χ4v) is 5.86. The number of aromatic carboxylic acids is 1. The first-order chi connectivity index (χ1) is 21.3. The van der Waals surface area contributed by atoms with Gasteiger partial charge in [-0.15, -0.1) is 11.8 Å². The highest BCUT2D eigenvalue weighted by atomic mass is 32.2. The van der Waals surface area contributed by atoms with Crippen LogP contribution < -0.4 is 5.32 Å². The van der Waals surface area contributed by atoms with Crippen molar-refractivity contribution in [2.45, 2.75) is 81.6 Å². The fourth-order valence-electron chi connectivity index (χ4n) is 4.86. The highest BCUT2D eigenvalue weighted by molar-refractivity contribution is 7.99. The van der Waals surface area contributed by atoms with Crippen molar-refractivity contribution < 1.29 is 39.2 Å². The van der Waals surface area contributed by atoms with Gasteiger partial charge in [0.05, 0.1) is 24.4 Å². The Balaban J connectivity index is 1.36. The number of ether oxygens (including phenoxy) is 2. The van der Waals surface area contributed by atoms with Crippen molar-refractivity contribution in [3.63, 3.8) is 0 Å². The number of thioether (sulfide) groups is 1. The third-order valence-corrected chi connectivity index (χ3v) is 8.45. The number of hydrogen-bond donors (Lipinski definition) is 4. The van der Waals surface area contributed by atoms with Gasteiger partial charge in [0.2, 0.25) is 5.91 Å². The zero-order chi connectivity index (χ0) is 31.3. The van der Waals surface area contributed by atoms with E-state index in [2.05, 4.69) is 10.3 Å². The number of pyridine rings is 1. The van der Waals surface area contributed by atoms with Gasteiger partial charge in [0.15, 0.2) is 6.29 Å². The molecule has 1 amide bonds. The molecule has 4 N–H and O–H groups in total. The summed E-state index contributed by atoms with van der Waals surface area (Å²) >= 11 is 1.34. The first kappa shape index (κ1) is 33.1. The second-order valence-corrected chi connectivity index (χ2v) is 11.7. The minimum atomic E-state index is -1.03. The van der Waals surface area contributed by atoms with Crippen LogP contribution in [0.4, 0.5) is 0 Å². The Morgan fingerprint density at radius 2 is 1.55 bits per heavy atom. The molecule has 2 heterocycles. The molecule has 44 heavy (non-hydrogen) atoms. The van der Waals surface area contributed by atoms with E-state index in [9.17, 15) is 24.6 Å². The van der Waals surface area contributed by atoms with Crippen LogP contribution in [0.3, 0.4) is 0 Å². The Morgan fingerprint density at radius 3 is 2.23 bits per heavy atom. The maximum atomic E-state index is 12.2. The van der Waals surface area contributed by atoms with Crippen LogP contribution >= 0.6 is 11.8 Å². The molecule has 0 radical (unpaired) electrons. The SMILES string of the molecule is O=C(O)CCCCCCC(=O)NCc1ccc([C@@H]2O[C@H](CSc3ncccc3C(=O)O)C[C@H](c3ccc(CO)cc3)O2)cc1. The predicted molar refractivity (Wildman–Crippen MR) is 164 cm³/mol. The van der Waals surface area contributed by atoms with E-state index in [0.717, 1.165) is 41.5 Å². The summed E-state index contributed by atoms with van der Waals surface area (Å²) in [6.07, 6.45) is 4.47. The zero-order valence-electron chi connectivity index (χ0n) is 24.4. The molecule has 11 heteroatoms. The third-order valence-electron chi connectivity index (χ3n) is 7.31. The van der Waals surface area contributed by atoms with Crippen molar-refractivity contribution in [2.24, 2.45) is 0 Å². The normalized spacial score (nSPS) is 18.1. The summed E-state index contributed by atoms with van der Waals surface area (Å²) in [7, 11) is 0. The molecular formula is C33H38N2O8S. The number of amides is 1. The number of nitrogens with zero attached hydrogens (tertiary/aromatic N) is 1. The van der Waals surface area contributed by atoms with E-state index in [-0.39, 0.29) is 36.7 Å². The number of carboxylic acids is 2. The molecule has 3 atom stereocenters. The summed E-state index contributed by atoms with van der Waals surface area (Å²) in [6, 6.07) is 18.4. The summed E-state index contributed by atoms with van der Waals surface area (Å²) in [4.78, 5) is 38.7. The van der Waals surface area contributed by atoms with Gasteiger partial charge < -0.3 is 30.1 Å². The first-order valence-electron chi connectivity index (χ1n) is 14.7. The van der Waals surface area contributed by atoms with Crippen molar-refractivity contribution >= 4 is 29.6 Å². The molecule has 2 aromatic carbocycles. The Kier molecular flexibility index (Phi) is 12.7. The number of unbranched alkanes of at least 4 members (excludes halogenated alkanes) is 3. The van der Waals surface area contributed by atoms with Gasteiger partial charge in [0, 0.05) is 43.3 Å². The summed E-state index contributed by atoms with van der Waals surface area (Å²) in [6.45, 7) is 0.341. The van der Waals surface area contributed by atoms with Gasteiger partial charge in [-0.3, -0.25) is 9.59 Å². The molecule has 1 aromatic heterocycles. The molecule has 234 valence electrons. The number of rotatable bonds is 16. The van der Waals surface area contributed by atoms with E-state index in [1.54, 1.807) is 12.3 Å². The van der Waals surface area contributed by atoms with Crippen molar-refractivity contribution in [1.29, 1.82) is 0 Å². The Hall–Kier alpha value is -3.77. The average Bonchev–Trinajstić information content (AvgIpc) is 3.04. The number of benzene rings is 2. The Morgan fingerprint density at radius 1 is 0.864 bits per heavy atom. The lowest BCUT2D eigenvalue weighted by atomic mass is 10.0. The van der Waals surface area contributed by atoms with Crippen LogP contribution in [0.1, 0.15) is 90.0 Å². The lowest BCUT2D eigenvalue weighted by Crippen LogP contribution is -2.31. The maximum Gasteiger partial charge on any atom is 0.338 e. The topological polar surface area (TPSA) is 155 Å². The smallest absolute Gasteiger partial charge is 0.338 e. The molecule has 1 aliphatic rings. The van der Waals surface area contributed by atoms with Crippen molar-refractivity contribution in [3.05, 3.63) is 94.7 Å². The first-order valence-corrected chi connectivity index (χ1v) is 15.7. The molecule has 0 aliphatic carbocycles. The number of hydrogen-bond acceptors (Lipinski definition) is 8. The van der Waals surface area contributed by atoms with Crippen LogP contribution in [0.25, 0.3) is 0 Å². The molecule has 10 nitrogen and oxygen atoms in total. The quantitative estimate of drug-likeness (QED) is 0.116. The minimum absolute atomic E-state index is 0.0411. The van der Waals surface area contributed by atoms with Gasteiger partial charge in [-0.1, -0.05) is 61.4 Å². The number of nitrogens with one attached hydrogen (secondary N) is 1. The van der Waals surface area contributed by atoms with E-state index in [4.69, 9.17) is 14.6 Å². The van der Waals surface area contributed by atoms with Crippen LogP contribution in [-0.2, 0) is 32.2 Å². The monoisotopic (exact) mass is 622 g/mol. The molecule has 1 saturated heterocycles. The largest absolute Gasteiger partial charge is 0.481 e. The van der Waals surface area contributed by atoms with Crippen LogP contribution in [0.15, 0.2) is 71.9 Å². The standard InChI is InChI=1S/C33H38N2O8S/c36-20-23-11-13-24(14-12-23)28-18-26(21-44-31-27(32(40)41)6-5-17-34-31)42-33(43-28)25-15-9-22(10-16-25)19-35-29(37)7-3-1-2-4-8-30(38)39/h5-6,9-17,26,28,33,36H,1-4,7-8,18-21H2,(H,35,37)(H,38,39)(H,40,41)/t26-,28+,33+/m0/s1. The Labute approximate surface area is 260 Å². The van der Waals surface area contributed by atoms with E-state index >= 15 is 0 Å². The summed E-state index contributed by atoms with van der Waals surface area (Å²) in [5.41, 5.74) is 3.65. The molecule has 0 unspecified atom stereocenters.